The minimum Gasteiger partial charge on any atom is -0.296 e. The molecule has 0 unspecified atom stereocenters. The number of fused-ring (bicyclic) bond motifs is 1. The van der Waals surface area contributed by atoms with Crippen molar-refractivity contribution < 1.29 is 4.79 Å². The lowest BCUT2D eigenvalue weighted by atomic mass is 9.99. The van der Waals surface area contributed by atoms with Crippen LogP contribution in [0.2, 0.25) is 0 Å². The summed E-state index contributed by atoms with van der Waals surface area (Å²) in [6.45, 7) is 4.52. The number of pyridine rings is 1. The van der Waals surface area contributed by atoms with Crippen molar-refractivity contribution in [2.24, 2.45) is 0 Å². The SMILES string of the molecule is Cc1nc([C@H]2CCCCN2Cc2ccccn2)nc2c1CCC(=O)N2CCc1ccccc1. The molecule has 2 aromatic heterocycles. The van der Waals surface area contributed by atoms with E-state index in [4.69, 9.17) is 9.97 Å². The molecular formula is C27H31N5O. The Morgan fingerprint density at radius 2 is 1.85 bits per heavy atom. The van der Waals surface area contributed by atoms with Crippen LogP contribution in [0.4, 0.5) is 5.82 Å². The summed E-state index contributed by atoms with van der Waals surface area (Å²) in [4.78, 5) is 31.8. The fourth-order valence-corrected chi connectivity index (χ4v) is 5.04. The Bertz CT molecular complexity index is 1100. The predicted molar refractivity (Wildman–Crippen MR) is 129 cm³/mol. The minimum atomic E-state index is 0.151. The highest BCUT2D eigenvalue weighted by atomic mass is 16.2. The van der Waals surface area contributed by atoms with Crippen molar-refractivity contribution in [3.8, 4) is 0 Å². The predicted octanol–water partition coefficient (Wildman–Crippen LogP) is 4.43. The molecule has 0 bridgehead atoms. The number of benzene rings is 1. The van der Waals surface area contributed by atoms with E-state index in [0.717, 1.165) is 60.9 Å². The number of aromatic nitrogens is 3. The number of carbonyl (C=O) groups is 1. The van der Waals surface area contributed by atoms with E-state index >= 15 is 0 Å². The number of carbonyl (C=O) groups excluding carboxylic acids is 1. The molecule has 3 aromatic rings. The van der Waals surface area contributed by atoms with Crippen LogP contribution in [0, 0.1) is 6.92 Å². The number of rotatable bonds is 6. The van der Waals surface area contributed by atoms with E-state index in [2.05, 4.69) is 35.0 Å². The van der Waals surface area contributed by atoms with Crippen molar-refractivity contribution in [3.63, 3.8) is 0 Å². The number of aryl methyl sites for hydroxylation is 1. The fraction of sp³-hybridized carbons (Fsp3) is 0.407. The molecular weight excluding hydrogens is 410 g/mol. The Balaban J connectivity index is 1.43. The maximum atomic E-state index is 12.9. The van der Waals surface area contributed by atoms with Gasteiger partial charge in [-0.15, -0.1) is 0 Å². The largest absolute Gasteiger partial charge is 0.296 e. The van der Waals surface area contributed by atoms with Crippen molar-refractivity contribution in [1.82, 2.24) is 19.9 Å². The second-order valence-electron chi connectivity index (χ2n) is 9.05. The summed E-state index contributed by atoms with van der Waals surface area (Å²) in [5.74, 6) is 1.84. The van der Waals surface area contributed by atoms with Crippen molar-refractivity contribution in [3.05, 3.63) is 83.1 Å². The van der Waals surface area contributed by atoms with Crippen LogP contribution >= 0.6 is 0 Å². The minimum absolute atomic E-state index is 0.151. The first kappa shape index (κ1) is 21.7. The van der Waals surface area contributed by atoms with Crippen LogP contribution < -0.4 is 4.90 Å². The normalized spacial score (nSPS) is 18.9. The molecule has 0 aliphatic carbocycles. The molecule has 2 aliphatic rings. The van der Waals surface area contributed by atoms with Gasteiger partial charge in [0.25, 0.3) is 0 Å². The average Bonchev–Trinajstić information content (AvgIpc) is 2.85. The topological polar surface area (TPSA) is 62.2 Å². The third-order valence-corrected chi connectivity index (χ3v) is 6.82. The van der Waals surface area contributed by atoms with Gasteiger partial charge in [-0.3, -0.25) is 19.6 Å². The molecule has 0 saturated carbocycles. The molecule has 4 heterocycles. The molecule has 2 aliphatic heterocycles. The van der Waals surface area contributed by atoms with Crippen LogP contribution in [0.15, 0.2) is 54.7 Å². The van der Waals surface area contributed by atoms with Gasteiger partial charge in [0.1, 0.15) is 11.6 Å². The maximum Gasteiger partial charge on any atom is 0.228 e. The first-order valence-electron chi connectivity index (χ1n) is 12.0. The molecule has 1 aromatic carbocycles. The number of anilines is 1. The molecule has 0 N–H and O–H groups in total. The number of amides is 1. The van der Waals surface area contributed by atoms with Crippen molar-refractivity contribution in [1.29, 1.82) is 0 Å². The van der Waals surface area contributed by atoms with Crippen LogP contribution in [-0.4, -0.2) is 38.8 Å². The number of likely N-dealkylation sites (tertiary alicyclic amines) is 1. The van der Waals surface area contributed by atoms with Gasteiger partial charge < -0.3 is 0 Å². The Hall–Kier alpha value is -3.12. The highest BCUT2D eigenvalue weighted by molar-refractivity contribution is 5.95. The molecule has 0 radical (unpaired) electrons. The Morgan fingerprint density at radius 1 is 1.00 bits per heavy atom. The summed E-state index contributed by atoms with van der Waals surface area (Å²) in [5.41, 5.74) is 4.44. The number of hydrogen-bond acceptors (Lipinski definition) is 5. The van der Waals surface area contributed by atoms with Gasteiger partial charge >= 0.3 is 0 Å². The zero-order valence-electron chi connectivity index (χ0n) is 19.3. The van der Waals surface area contributed by atoms with Crippen LogP contribution in [0.25, 0.3) is 0 Å². The van der Waals surface area contributed by atoms with Gasteiger partial charge in [0.15, 0.2) is 0 Å². The number of nitrogens with zero attached hydrogens (tertiary/aromatic N) is 5. The monoisotopic (exact) mass is 441 g/mol. The van der Waals surface area contributed by atoms with Gasteiger partial charge in [0, 0.05) is 37.0 Å². The first-order chi connectivity index (χ1) is 16.2. The summed E-state index contributed by atoms with van der Waals surface area (Å²) in [6, 6.07) is 16.6. The smallest absolute Gasteiger partial charge is 0.228 e. The molecule has 1 saturated heterocycles. The van der Waals surface area contributed by atoms with E-state index in [1.165, 1.54) is 18.4 Å². The van der Waals surface area contributed by atoms with Gasteiger partial charge in [-0.1, -0.05) is 42.8 Å². The lowest BCUT2D eigenvalue weighted by molar-refractivity contribution is -0.118. The van der Waals surface area contributed by atoms with Crippen LogP contribution in [0.5, 0.6) is 0 Å². The molecule has 1 amide bonds. The summed E-state index contributed by atoms with van der Waals surface area (Å²) >= 11 is 0. The highest BCUT2D eigenvalue weighted by Crippen LogP contribution is 2.34. The van der Waals surface area contributed by atoms with Gasteiger partial charge in [-0.2, -0.15) is 0 Å². The average molecular weight is 442 g/mol. The number of hydrogen-bond donors (Lipinski definition) is 0. The van der Waals surface area contributed by atoms with Gasteiger partial charge in [0.2, 0.25) is 5.91 Å². The molecule has 6 nitrogen and oxygen atoms in total. The maximum absolute atomic E-state index is 12.9. The van der Waals surface area contributed by atoms with Crippen LogP contribution in [0.1, 0.15) is 60.1 Å². The molecule has 1 fully saturated rings. The standard InChI is InChI=1S/C27H31N5O/c1-20-23-13-14-25(33)32(18-15-21-9-3-2-4-10-21)27(23)30-26(29-20)24-12-6-8-17-31(24)19-22-11-5-7-16-28-22/h2-5,7,9-11,16,24H,6,8,12-15,17-19H2,1H3/t24-/m1/s1. The third kappa shape index (κ3) is 4.81. The van der Waals surface area contributed by atoms with E-state index in [0.29, 0.717) is 13.0 Å². The first-order valence-corrected chi connectivity index (χ1v) is 12.0. The van der Waals surface area contributed by atoms with E-state index in [1.807, 2.05) is 41.4 Å². The zero-order valence-corrected chi connectivity index (χ0v) is 19.3. The van der Waals surface area contributed by atoms with Crippen molar-refractivity contribution >= 4 is 11.7 Å². The fourth-order valence-electron chi connectivity index (χ4n) is 5.04. The van der Waals surface area contributed by atoms with E-state index in [9.17, 15) is 4.79 Å². The van der Waals surface area contributed by atoms with E-state index in [1.54, 1.807) is 0 Å². The van der Waals surface area contributed by atoms with Crippen molar-refractivity contribution in [2.75, 3.05) is 18.0 Å². The second-order valence-corrected chi connectivity index (χ2v) is 9.05. The Kier molecular flexibility index (Phi) is 6.44. The van der Waals surface area contributed by atoms with Crippen LogP contribution in [0.3, 0.4) is 0 Å². The Labute approximate surface area is 195 Å². The van der Waals surface area contributed by atoms with E-state index in [-0.39, 0.29) is 11.9 Å². The molecule has 6 heteroatoms. The quantitative estimate of drug-likeness (QED) is 0.566. The number of piperidine rings is 1. The zero-order chi connectivity index (χ0) is 22.6. The molecule has 5 rings (SSSR count). The summed E-state index contributed by atoms with van der Waals surface area (Å²) in [7, 11) is 0. The third-order valence-electron chi connectivity index (χ3n) is 6.82. The Morgan fingerprint density at radius 3 is 2.67 bits per heavy atom. The molecule has 1 atom stereocenters. The van der Waals surface area contributed by atoms with E-state index < -0.39 is 0 Å². The van der Waals surface area contributed by atoms with Gasteiger partial charge in [-0.05, 0) is 56.8 Å². The summed E-state index contributed by atoms with van der Waals surface area (Å²) in [5, 5.41) is 0. The van der Waals surface area contributed by atoms with Gasteiger partial charge in [-0.25, -0.2) is 9.97 Å². The highest BCUT2D eigenvalue weighted by Gasteiger charge is 2.32. The van der Waals surface area contributed by atoms with Crippen LogP contribution in [-0.2, 0) is 24.2 Å². The molecule has 0 spiro atoms. The lowest BCUT2D eigenvalue weighted by Gasteiger charge is -2.36. The summed E-state index contributed by atoms with van der Waals surface area (Å²) in [6.07, 6.45) is 7.30. The molecule has 33 heavy (non-hydrogen) atoms. The lowest BCUT2D eigenvalue weighted by Crippen LogP contribution is -2.39. The second kappa shape index (κ2) is 9.79. The van der Waals surface area contributed by atoms with Gasteiger partial charge in [0.05, 0.1) is 11.7 Å². The van der Waals surface area contributed by atoms with Crippen molar-refractivity contribution in [2.45, 2.75) is 58.0 Å². The molecule has 170 valence electrons. The summed E-state index contributed by atoms with van der Waals surface area (Å²) < 4.78 is 0.